The lowest BCUT2D eigenvalue weighted by Crippen LogP contribution is -2.00. The maximum atomic E-state index is 11.3. The summed E-state index contributed by atoms with van der Waals surface area (Å²) in [7, 11) is 0. The first-order valence-electron chi connectivity index (χ1n) is 5.71. The number of rotatable bonds is 4. The van der Waals surface area contributed by atoms with Crippen LogP contribution in [0.25, 0.3) is 0 Å². The molecule has 0 aliphatic carbocycles. The average Bonchev–Trinajstić information content (AvgIpc) is 2.41. The van der Waals surface area contributed by atoms with Crippen LogP contribution in [0.5, 0.6) is 11.5 Å². The molecule has 0 radical (unpaired) electrons. The van der Waals surface area contributed by atoms with Crippen molar-refractivity contribution in [2.45, 2.75) is 6.92 Å². The minimum atomic E-state index is -0.594. The lowest BCUT2D eigenvalue weighted by atomic mass is 10.1. The van der Waals surface area contributed by atoms with Gasteiger partial charge in [0, 0.05) is 0 Å². The van der Waals surface area contributed by atoms with Gasteiger partial charge in [-0.15, -0.1) is 0 Å². The number of hydrogen-bond acceptors (Lipinski definition) is 4. The van der Waals surface area contributed by atoms with E-state index in [1.54, 1.807) is 18.2 Å². The SMILES string of the molecule is CC(=O)c1ccc(Oc2ccccc2Br)cc1[N+](=O)[O-]. The van der Waals surface area contributed by atoms with E-state index in [1.807, 2.05) is 6.07 Å². The van der Waals surface area contributed by atoms with Gasteiger partial charge in [-0.1, -0.05) is 12.1 Å². The minimum absolute atomic E-state index is 0.0643. The normalized spacial score (nSPS) is 10.1. The van der Waals surface area contributed by atoms with Crippen LogP contribution < -0.4 is 4.74 Å². The highest BCUT2D eigenvalue weighted by Gasteiger charge is 2.18. The molecule has 2 aromatic carbocycles. The molecule has 0 atom stereocenters. The molecule has 2 aromatic rings. The summed E-state index contributed by atoms with van der Waals surface area (Å²) >= 11 is 3.33. The molecule has 0 bridgehead atoms. The minimum Gasteiger partial charge on any atom is -0.456 e. The van der Waals surface area contributed by atoms with Crippen molar-refractivity contribution in [2.75, 3.05) is 0 Å². The summed E-state index contributed by atoms with van der Waals surface area (Å²) in [4.78, 5) is 21.7. The van der Waals surface area contributed by atoms with E-state index in [2.05, 4.69) is 15.9 Å². The van der Waals surface area contributed by atoms with E-state index in [1.165, 1.54) is 25.1 Å². The second-order valence-electron chi connectivity index (χ2n) is 4.02. The standard InChI is InChI=1S/C14H10BrNO4/c1-9(17)11-7-6-10(8-13(11)16(18)19)20-14-5-3-2-4-12(14)15/h2-8H,1H3. The topological polar surface area (TPSA) is 69.4 Å². The number of nitro benzene ring substituents is 1. The van der Waals surface area contributed by atoms with Crippen molar-refractivity contribution in [3.8, 4) is 11.5 Å². The molecule has 0 saturated carbocycles. The molecule has 0 saturated heterocycles. The van der Waals surface area contributed by atoms with Crippen molar-refractivity contribution >= 4 is 27.4 Å². The molecule has 0 aliphatic heterocycles. The molecule has 6 heteroatoms. The molecule has 0 spiro atoms. The summed E-state index contributed by atoms with van der Waals surface area (Å²) < 4.78 is 6.31. The van der Waals surface area contributed by atoms with Crippen LogP contribution in [0.2, 0.25) is 0 Å². The average molecular weight is 336 g/mol. The second kappa shape index (κ2) is 5.83. The lowest BCUT2D eigenvalue weighted by Gasteiger charge is -2.08. The third-order valence-electron chi connectivity index (χ3n) is 2.61. The van der Waals surface area contributed by atoms with Gasteiger partial charge in [-0.2, -0.15) is 0 Å². The van der Waals surface area contributed by atoms with Crippen LogP contribution >= 0.6 is 15.9 Å². The van der Waals surface area contributed by atoms with Gasteiger partial charge < -0.3 is 4.74 Å². The Hall–Kier alpha value is -2.21. The number of carbonyl (C=O) groups excluding carboxylic acids is 1. The molecule has 5 nitrogen and oxygen atoms in total. The third kappa shape index (κ3) is 3.03. The van der Waals surface area contributed by atoms with Gasteiger partial charge in [0.15, 0.2) is 5.78 Å². The van der Waals surface area contributed by atoms with Crippen LogP contribution in [0.4, 0.5) is 5.69 Å². The van der Waals surface area contributed by atoms with Crippen molar-refractivity contribution in [1.82, 2.24) is 0 Å². The highest BCUT2D eigenvalue weighted by molar-refractivity contribution is 9.10. The molecule has 0 aromatic heterocycles. The number of ether oxygens (including phenoxy) is 1. The third-order valence-corrected chi connectivity index (χ3v) is 3.26. The number of benzene rings is 2. The summed E-state index contributed by atoms with van der Waals surface area (Å²) in [6, 6.07) is 11.3. The number of halogens is 1. The van der Waals surface area contributed by atoms with Crippen LogP contribution in [-0.2, 0) is 0 Å². The fraction of sp³-hybridized carbons (Fsp3) is 0.0714. The Kier molecular flexibility index (Phi) is 4.14. The van der Waals surface area contributed by atoms with E-state index in [0.717, 1.165) is 4.47 Å². The molecule has 20 heavy (non-hydrogen) atoms. The van der Waals surface area contributed by atoms with E-state index in [-0.39, 0.29) is 17.0 Å². The van der Waals surface area contributed by atoms with Crippen molar-refractivity contribution in [1.29, 1.82) is 0 Å². The van der Waals surface area contributed by atoms with Gasteiger partial charge in [-0.3, -0.25) is 14.9 Å². The summed E-state index contributed by atoms with van der Waals surface area (Å²) in [6.45, 7) is 1.29. The van der Waals surface area contributed by atoms with Crippen molar-refractivity contribution in [2.24, 2.45) is 0 Å². The van der Waals surface area contributed by atoms with Gasteiger partial charge in [0.05, 0.1) is 21.0 Å². The molecular weight excluding hydrogens is 326 g/mol. The van der Waals surface area contributed by atoms with Crippen LogP contribution in [-0.4, -0.2) is 10.7 Å². The van der Waals surface area contributed by atoms with Gasteiger partial charge in [0.2, 0.25) is 0 Å². The molecular formula is C14H10BrNO4. The highest BCUT2D eigenvalue weighted by Crippen LogP contribution is 2.32. The zero-order chi connectivity index (χ0) is 14.7. The monoisotopic (exact) mass is 335 g/mol. The van der Waals surface area contributed by atoms with Gasteiger partial charge in [-0.25, -0.2) is 0 Å². The Morgan fingerprint density at radius 3 is 2.55 bits per heavy atom. The Balaban J connectivity index is 2.40. The predicted octanol–water partition coefficient (Wildman–Crippen LogP) is 4.35. The van der Waals surface area contributed by atoms with E-state index in [4.69, 9.17) is 4.74 Å². The summed E-state index contributed by atoms with van der Waals surface area (Å²) in [6.07, 6.45) is 0. The fourth-order valence-corrected chi connectivity index (χ4v) is 2.04. The molecule has 0 aliphatic rings. The molecule has 0 heterocycles. The van der Waals surface area contributed by atoms with E-state index in [0.29, 0.717) is 11.5 Å². The number of hydrogen-bond donors (Lipinski definition) is 0. The smallest absolute Gasteiger partial charge is 0.283 e. The number of nitrogens with zero attached hydrogens (tertiary/aromatic N) is 1. The van der Waals surface area contributed by atoms with E-state index >= 15 is 0 Å². The number of nitro groups is 1. The summed E-state index contributed by atoms with van der Waals surface area (Å²) in [5.74, 6) is 0.482. The van der Waals surface area contributed by atoms with Gasteiger partial charge in [0.25, 0.3) is 5.69 Å². The van der Waals surface area contributed by atoms with Crippen molar-refractivity contribution in [3.63, 3.8) is 0 Å². The largest absolute Gasteiger partial charge is 0.456 e. The summed E-state index contributed by atoms with van der Waals surface area (Å²) in [5.41, 5.74) is -0.198. The van der Waals surface area contributed by atoms with Gasteiger partial charge in [0.1, 0.15) is 11.5 Å². The van der Waals surface area contributed by atoms with Crippen LogP contribution in [0, 0.1) is 10.1 Å². The Morgan fingerprint density at radius 2 is 1.95 bits per heavy atom. The molecule has 0 unspecified atom stereocenters. The maximum absolute atomic E-state index is 11.3. The summed E-state index contributed by atoms with van der Waals surface area (Å²) in [5, 5.41) is 11.0. The first-order chi connectivity index (χ1) is 9.49. The van der Waals surface area contributed by atoms with E-state index < -0.39 is 4.92 Å². The first kappa shape index (κ1) is 14.2. The quantitative estimate of drug-likeness (QED) is 0.473. The lowest BCUT2D eigenvalue weighted by molar-refractivity contribution is -0.385. The predicted molar refractivity (Wildman–Crippen MR) is 77.3 cm³/mol. The zero-order valence-corrected chi connectivity index (χ0v) is 12.1. The van der Waals surface area contributed by atoms with E-state index in [9.17, 15) is 14.9 Å². The molecule has 0 amide bonds. The van der Waals surface area contributed by atoms with Crippen LogP contribution in [0.15, 0.2) is 46.9 Å². The molecule has 2 rings (SSSR count). The second-order valence-corrected chi connectivity index (χ2v) is 4.88. The highest BCUT2D eigenvalue weighted by atomic mass is 79.9. The maximum Gasteiger partial charge on any atom is 0.283 e. The Morgan fingerprint density at radius 1 is 1.25 bits per heavy atom. The fourth-order valence-electron chi connectivity index (χ4n) is 1.68. The number of para-hydroxylation sites is 1. The van der Waals surface area contributed by atoms with Crippen molar-refractivity contribution in [3.05, 3.63) is 62.6 Å². The number of ketones is 1. The number of carbonyl (C=O) groups is 1. The van der Waals surface area contributed by atoms with Crippen LogP contribution in [0.3, 0.4) is 0 Å². The molecule has 102 valence electrons. The number of Topliss-reactive ketones (excluding diaryl/α,β-unsaturated/α-hetero) is 1. The van der Waals surface area contributed by atoms with Crippen LogP contribution in [0.1, 0.15) is 17.3 Å². The molecule has 0 fully saturated rings. The Bertz CT molecular complexity index is 685. The molecule has 0 N–H and O–H groups in total. The Labute approximate surface area is 123 Å². The zero-order valence-electron chi connectivity index (χ0n) is 10.5. The first-order valence-corrected chi connectivity index (χ1v) is 6.50. The van der Waals surface area contributed by atoms with Gasteiger partial charge in [-0.05, 0) is 47.1 Å². The van der Waals surface area contributed by atoms with Gasteiger partial charge >= 0.3 is 0 Å². The van der Waals surface area contributed by atoms with Crippen molar-refractivity contribution < 1.29 is 14.5 Å².